The van der Waals surface area contributed by atoms with Crippen LogP contribution in [-0.2, 0) is 4.79 Å². The SMILES string of the molecule is CCCN(CC(=O)Nc1ccc(Cl)cc1Cl)C(=O)c1nc2nc(C)cc(C)n2n1. The molecule has 0 unspecified atom stereocenters. The second kappa shape index (κ2) is 8.75. The molecule has 3 aromatic rings. The average molecular weight is 435 g/mol. The molecule has 0 aliphatic rings. The van der Waals surface area contributed by atoms with E-state index in [1.165, 1.54) is 15.5 Å². The maximum Gasteiger partial charge on any atom is 0.294 e. The molecule has 0 saturated heterocycles. The third kappa shape index (κ3) is 4.83. The minimum atomic E-state index is -0.438. The molecule has 8 nitrogen and oxygen atoms in total. The van der Waals surface area contributed by atoms with Gasteiger partial charge in [-0.05, 0) is 44.5 Å². The van der Waals surface area contributed by atoms with E-state index in [1.807, 2.05) is 26.8 Å². The molecule has 3 rings (SSSR count). The lowest BCUT2D eigenvalue weighted by Crippen LogP contribution is -2.39. The van der Waals surface area contributed by atoms with Crippen molar-refractivity contribution in [3.63, 3.8) is 0 Å². The molecule has 29 heavy (non-hydrogen) atoms. The van der Waals surface area contributed by atoms with E-state index in [4.69, 9.17) is 23.2 Å². The van der Waals surface area contributed by atoms with Crippen molar-refractivity contribution in [2.75, 3.05) is 18.4 Å². The predicted molar refractivity (Wildman–Crippen MR) is 112 cm³/mol. The van der Waals surface area contributed by atoms with Gasteiger partial charge in [0.15, 0.2) is 0 Å². The normalized spacial score (nSPS) is 10.9. The molecule has 10 heteroatoms. The van der Waals surface area contributed by atoms with Crippen LogP contribution in [0.2, 0.25) is 10.0 Å². The molecule has 0 spiro atoms. The van der Waals surface area contributed by atoms with E-state index in [-0.39, 0.29) is 18.3 Å². The van der Waals surface area contributed by atoms with Crippen LogP contribution < -0.4 is 5.32 Å². The molecule has 0 saturated carbocycles. The Bertz CT molecular complexity index is 1080. The van der Waals surface area contributed by atoms with Crippen LogP contribution >= 0.6 is 23.2 Å². The quantitative estimate of drug-likeness (QED) is 0.640. The number of nitrogens with one attached hydrogen (secondary N) is 1. The first-order valence-electron chi connectivity index (χ1n) is 9.03. The van der Waals surface area contributed by atoms with Crippen molar-refractivity contribution in [3.8, 4) is 0 Å². The minimum Gasteiger partial charge on any atom is -0.327 e. The van der Waals surface area contributed by atoms with E-state index >= 15 is 0 Å². The summed E-state index contributed by atoms with van der Waals surface area (Å²) >= 11 is 12.0. The lowest BCUT2D eigenvalue weighted by atomic mass is 10.3. The Balaban J connectivity index is 1.79. The highest BCUT2D eigenvalue weighted by Gasteiger charge is 2.23. The van der Waals surface area contributed by atoms with Gasteiger partial charge in [0.05, 0.1) is 10.7 Å². The topological polar surface area (TPSA) is 92.5 Å². The highest BCUT2D eigenvalue weighted by molar-refractivity contribution is 6.36. The van der Waals surface area contributed by atoms with Crippen LogP contribution in [0.15, 0.2) is 24.3 Å². The lowest BCUT2D eigenvalue weighted by molar-refractivity contribution is -0.116. The fraction of sp³-hybridized carbons (Fsp3) is 0.316. The lowest BCUT2D eigenvalue weighted by Gasteiger charge is -2.20. The van der Waals surface area contributed by atoms with E-state index in [2.05, 4.69) is 20.4 Å². The van der Waals surface area contributed by atoms with Gasteiger partial charge in [-0.1, -0.05) is 30.1 Å². The highest BCUT2D eigenvalue weighted by atomic mass is 35.5. The van der Waals surface area contributed by atoms with Crippen LogP contribution in [-0.4, -0.2) is 49.4 Å². The van der Waals surface area contributed by atoms with Gasteiger partial charge in [0, 0.05) is 23.0 Å². The summed E-state index contributed by atoms with van der Waals surface area (Å²) in [6.45, 7) is 5.84. The Kier molecular flexibility index (Phi) is 6.34. The fourth-order valence-corrected chi connectivity index (χ4v) is 3.33. The average Bonchev–Trinajstić information content (AvgIpc) is 3.07. The first kappa shape index (κ1) is 21.0. The molecule has 152 valence electrons. The third-order valence-corrected chi connectivity index (χ3v) is 4.68. The van der Waals surface area contributed by atoms with Gasteiger partial charge in [-0.15, -0.1) is 5.10 Å². The van der Waals surface area contributed by atoms with Gasteiger partial charge in [-0.3, -0.25) is 9.59 Å². The number of nitrogens with zero attached hydrogens (tertiary/aromatic N) is 5. The number of carbonyl (C=O) groups excluding carboxylic acids is 2. The summed E-state index contributed by atoms with van der Waals surface area (Å²) in [7, 11) is 0. The van der Waals surface area contributed by atoms with Crippen LogP contribution in [0, 0.1) is 13.8 Å². The van der Waals surface area contributed by atoms with Crippen LogP contribution in [0.3, 0.4) is 0 Å². The third-order valence-electron chi connectivity index (χ3n) is 4.13. The molecule has 0 atom stereocenters. The molecular formula is C19H20Cl2N6O2. The Hall–Kier alpha value is -2.71. The van der Waals surface area contributed by atoms with Crippen molar-refractivity contribution in [1.82, 2.24) is 24.5 Å². The molecule has 0 radical (unpaired) electrons. The van der Waals surface area contributed by atoms with Crippen molar-refractivity contribution < 1.29 is 9.59 Å². The number of aromatic nitrogens is 4. The predicted octanol–water partition coefficient (Wildman–Crippen LogP) is 3.54. The van der Waals surface area contributed by atoms with Gasteiger partial charge in [-0.25, -0.2) is 9.50 Å². The second-order valence-corrected chi connectivity index (χ2v) is 7.43. The number of aryl methyl sites for hydroxylation is 2. The minimum absolute atomic E-state index is 0.00280. The summed E-state index contributed by atoms with van der Waals surface area (Å²) in [5.74, 6) is -0.478. The van der Waals surface area contributed by atoms with E-state index in [9.17, 15) is 9.59 Å². The molecule has 0 bridgehead atoms. The van der Waals surface area contributed by atoms with Gasteiger partial charge < -0.3 is 10.2 Å². The van der Waals surface area contributed by atoms with Crippen molar-refractivity contribution in [1.29, 1.82) is 0 Å². The maximum absolute atomic E-state index is 12.9. The van der Waals surface area contributed by atoms with E-state index in [1.54, 1.807) is 12.1 Å². The fourth-order valence-electron chi connectivity index (χ4n) is 2.87. The van der Waals surface area contributed by atoms with Crippen LogP contribution in [0.1, 0.15) is 35.4 Å². The zero-order chi connectivity index (χ0) is 21.1. The Morgan fingerprint density at radius 2 is 1.93 bits per heavy atom. The first-order valence-corrected chi connectivity index (χ1v) is 9.79. The smallest absolute Gasteiger partial charge is 0.294 e. The van der Waals surface area contributed by atoms with Gasteiger partial charge in [-0.2, -0.15) is 4.98 Å². The first-order chi connectivity index (χ1) is 13.8. The molecule has 2 heterocycles. The number of hydrogen-bond donors (Lipinski definition) is 1. The van der Waals surface area contributed by atoms with E-state index in [0.717, 1.165) is 11.4 Å². The number of carbonyl (C=O) groups is 2. The number of hydrogen-bond acceptors (Lipinski definition) is 5. The summed E-state index contributed by atoms with van der Waals surface area (Å²) in [5, 5.41) is 7.73. The molecule has 0 fully saturated rings. The molecule has 1 N–H and O–H groups in total. The molecule has 0 aliphatic heterocycles. The standard InChI is InChI=1S/C19H20Cl2N6O2/c1-4-7-26(10-16(28)23-15-6-5-13(20)9-14(15)21)18(29)17-24-19-22-11(2)8-12(3)27(19)25-17/h5-6,8-9H,4,7,10H2,1-3H3,(H,23,28). The summed E-state index contributed by atoms with van der Waals surface area (Å²) in [5.41, 5.74) is 2.02. The number of amides is 2. The zero-order valence-electron chi connectivity index (χ0n) is 16.2. The molecule has 2 aromatic heterocycles. The molecular weight excluding hydrogens is 415 g/mol. The van der Waals surface area contributed by atoms with Crippen molar-refractivity contribution in [3.05, 3.63) is 51.5 Å². The summed E-state index contributed by atoms with van der Waals surface area (Å²) in [6, 6.07) is 6.61. The number of halogens is 2. The monoisotopic (exact) mass is 434 g/mol. The number of rotatable bonds is 6. The molecule has 0 aliphatic carbocycles. The summed E-state index contributed by atoms with van der Waals surface area (Å²) in [4.78, 5) is 35.3. The second-order valence-electron chi connectivity index (χ2n) is 6.59. The maximum atomic E-state index is 12.9. The van der Waals surface area contributed by atoms with Crippen LogP contribution in [0.5, 0.6) is 0 Å². The highest BCUT2D eigenvalue weighted by Crippen LogP contribution is 2.25. The number of fused-ring (bicyclic) bond motifs is 1. The zero-order valence-corrected chi connectivity index (χ0v) is 17.8. The molecule has 2 amide bonds. The Labute approximate surface area is 177 Å². The van der Waals surface area contributed by atoms with Crippen LogP contribution in [0.25, 0.3) is 5.78 Å². The largest absolute Gasteiger partial charge is 0.327 e. The van der Waals surface area contributed by atoms with Crippen molar-refractivity contribution >= 4 is 46.5 Å². The number of anilines is 1. The number of benzene rings is 1. The molecule has 1 aromatic carbocycles. The van der Waals surface area contributed by atoms with Gasteiger partial charge in [0.2, 0.25) is 11.7 Å². The summed E-state index contributed by atoms with van der Waals surface area (Å²) in [6.07, 6.45) is 0.671. The van der Waals surface area contributed by atoms with Gasteiger partial charge >= 0.3 is 0 Å². The van der Waals surface area contributed by atoms with Gasteiger partial charge in [0.1, 0.15) is 6.54 Å². The van der Waals surface area contributed by atoms with Crippen molar-refractivity contribution in [2.24, 2.45) is 0 Å². The summed E-state index contributed by atoms with van der Waals surface area (Å²) < 4.78 is 1.51. The van der Waals surface area contributed by atoms with Crippen LogP contribution in [0.4, 0.5) is 5.69 Å². The van der Waals surface area contributed by atoms with Crippen molar-refractivity contribution in [2.45, 2.75) is 27.2 Å². The van der Waals surface area contributed by atoms with E-state index < -0.39 is 5.91 Å². The Morgan fingerprint density at radius 1 is 1.17 bits per heavy atom. The van der Waals surface area contributed by atoms with Gasteiger partial charge in [0.25, 0.3) is 11.7 Å². The van der Waals surface area contributed by atoms with E-state index in [0.29, 0.717) is 34.5 Å². The Morgan fingerprint density at radius 3 is 2.62 bits per heavy atom.